The number of nitro groups is 1. The lowest BCUT2D eigenvalue weighted by Crippen LogP contribution is -2.47. The Balaban J connectivity index is 2.23. The molecule has 0 spiro atoms. The molecule has 0 aliphatic rings. The van der Waals surface area contributed by atoms with Gasteiger partial charge in [-0.05, 0) is 25.5 Å². The maximum absolute atomic E-state index is 12.5. The standard InChI is InChI=1S/C18H21N3O5S/c1-13-7-9-15(10-8-13)12-19-18(22)14(2)20(27(3,25)26)16-5-4-6-17(11-16)21(23)24/h4-11,14H,12H2,1-3H3,(H,19,22). The molecule has 0 bridgehead atoms. The molecule has 1 unspecified atom stereocenters. The summed E-state index contributed by atoms with van der Waals surface area (Å²) in [6.45, 7) is 3.63. The Morgan fingerprint density at radius 2 is 1.85 bits per heavy atom. The highest BCUT2D eigenvalue weighted by atomic mass is 32.2. The number of nitrogens with zero attached hydrogens (tertiary/aromatic N) is 2. The number of benzene rings is 2. The number of aryl methyl sites for hydroxylation is 1. The summed E-state index contributed by atoms with van der Waals surface area (Å²) in [5.41, 5.74) is 1.77. The quantitative estimate of drug-likeness (QED) is 0.576. The molecule has 2 rings (SSSR count). The number of amides is 1. The molecule has 0 fully saturated rings. The van der Waals surface area contributed by atoms with Crippen LogP contribution in [0.4, 0.5) is 11.4 Å². The van der Waals surface area contributed by atoms with Gasteiger partial charge in [0.05, 0.1) is 16.9 Å². The molecule has 27 heavy (non-hydrogen) atoms. The average molecular weight is 391 g/mol. The van der Waals surface area contributed by atoms with Gasteiger partial charge in [0.25, 0.3) is 5.69 Å². The van der Waals surface area contributed by atoms with E-state index < -0.39 is 26.9 Å². The lowest BCUT2D eigenvalue weighted by atomic mass is 10.1. The first-order chi connectivity index (χ1) is 12.6. The Morgan fingerprint density at radius 1 is 1.22 bits per heavy atom. The number of carbonyl (C=O) groups excluding carboxylic acids is 1. The topological polar surface area (TPSA) is 110 Å². The van der Waals surface area contributed by atoms with Gasteiger partial charge in [-0.1, -0.05) is 35.9 Å². The van der Waals surface area contributed by atoms with Crippen molar-refractivity contribution >= 4 is 27.3 Å². The van der Waals surface area contributed by atoms with Crippen LogP contribution in [0.15, 0.2) is 48.5 Å². The SMILES string of the molecule is Cc1ccc(CNC(=O)C(C)N(c2cccc([N+](=O)[O-])c2)S(C)(=O)=O)cc1. The van der Waals surface area contributed by atoms with Gasteiger partial charge in [-0.25, -0.2) is 8.42 Å². The number of hydrogen-bond donors (Lipinski definition) is 1. The van der Waals surface area contributed by atoms with Gasteiger partial charge in [-0.3, -0.25) is 19.2 Å². The molecular weight excluding hydrogens is 370 g/mol. The van der Waals surface area contributed by atoms with Gasteiger partial charge in [0.15, 0.2) is 0 Å². The van der Waals surface area contributed by atoms with Crippen molar-refractivity contribution < 1.29 is 18.1 Å². The monoisotopic (exact) mass is 391 g/mol. The fourth-order valence-electron chi connectivity index (χ4n) is 2.60. The number of sulfonamides is 1. The lowest BCUT2D eigenvalue weighted by molar-refractivity contribution is -0.384. The molecule has 0 aromatic heterocycles. The number of carbonyl (C=O) groups is 1. The molecule has 144 valence electrons. The Labute approximate surface area is 158 Å². The zero-order valence-corrected chi connectivity index (χ0v) is 16.1. The Hall–Kier alpha value is -2.94. The smallest absolute Gasteiger partial charge is 0.271 e. The van der Waals surface area contributed by atoms with Crippen LogP contribution in [0.2, 0.25) is 0 Å². The van der Waals surface area contributed by atoms with Gasteiger partial charge in [0.1, 0.15) is 6.04 Å². The van der Waals surface area contributed by atoms with Crippen LogP contribution in [-0.4, -0.2) is 31.5 Å². The number of nitrogens with one attached hydrogen (secondary N) is 1. The molecule has 1 N–H and O–H groups in total. The largest absolute Gasteiger partial charge is 0.350 e. The molecule has 2 aromatic rings. The maximum atomic E-state index is 12.5. The van der Waals surface area contributed by atoms with E-state index in [1.54, 1.807) is 0 Å². The van der Waals surface area contributed by atoms with Crippen molar-refractivity contribution in [2.75, 3.05) is 10.6 Å². The van der Waals surface area contributed by atoms with E-state index in [0.717, 1.165) is 27.8 Å². The normalized spacial score (nSPS) is 12.3. The van der Waals surface area contributed by atoms with Crippen molar-refractivity contribution in [3.8, 4) is 0 Å². The van der Waals surface area contributed by atoms with Crippen LogP contribution in [-0.2, 0) is 21.4 Å². The summed E-state index contributed by atoms with van der Waals surface area (Å²) in [5, 5.41) is 13.7. The molecule has 1 amide bonds. The Kier molecular flexibility index (Phi) is 6.17. The maximum Gasteiger partial charge on any atom is 0.271 e. The second-order valence-corrected chi connectivity index (χ2v) is 8.07. The Bertz CT molecular complexity index is 942. The molecule has 0 saturated carbocycles. The zero-order valence-electron chi connectivity index (χ0n) is 15.2. The van der Waals surface area contributed by atoms with Crippen LogP contribution in [0.1, 0.15) is 18.1 Å². The average Bonchev–Trinajstić information content (AvgIpc) is 2.60. The van der Waals surface area contributed by atoms with Gasteiger partial charge in [0, 0.05) is 18.7 Å². The van der Waals surface area contributed by atoms with Gasteiger partial charge in [-0.15, -0.1) is 0 Å². The summed E-state index contributed by atoms with van der Waals surface area (Å²) >= 11 is 0. The van der Waals surface area contributed by atoms with Crippen LogP contribution in [0, 0.1) is 17.0 Å². The molecule has 2 aromatic carbocycles. The third kappa shape index (κ3) is 5.27. The van der Waals surface area contributed by atoms with Crippen LogP contribution < -0.4 is 9.62 Å². The fourth-order valence-corrected chi connectivity index (χ4v) is 3.76. The molecule has 0 radical (unpaired) electrons. The third-order valence-corrected chi connectivity index (χ3v) is 5.21. The summed E-state index contributed by atoms with van der Waals surface area (Å²) in [6, 6.07) is 11.7. The highest BCUT2D eigenvalue weighted by Crippen LogP contribution is 2.25. The van der Waals surface area contributed by atoms with E-state index in [4.69, 9.17) is 0 Å². The van der Waals surface area contributed by atoms with Gasteiger partial charge >= 0.3 is 0 Å². The van der Waals surface area contributed by atoms with E-state index in [9.17, 15) is 23.3 Å². The summed E-state index contributed by atoms with van der Waals surface area (Å²) in [7, 11) is -3.84. The summed E-state index contributed by atoms with van der Waals surface area (Å²) in [4.78, 5) is 22.9. The number of nitro benzene ring substituents is 1. The molecule has 0 aliphatic heterocycles. The highest BCUT2D eigenvalue weighted by molar-refractivity contribution is 7.92. The van der Waals surface area contributed by atoms with Crippen molar-refractivity contribution in [3.63, 3.8) is 0 Å². The van der Waals surface area contributed by atoms with Crippen molar-refractivity contribution in [2.24, 2.45) is 0 Å². The van der Waals surface area contributed by atoms with E-state index in [-0.39, 0.29) is 17.9 Å². The van der Waals surface area contributed by atoms with E-state index in [1.165, 1.54) is 25.1 Å². The number of rotatable bonds is 7. The van der Waals surface area contributed by atoms with E-state index >= 15 is 0 Å². The second-order valence-electron chi connectivity index (χ2n) is 6.22. The van der Waals surface area contributed by atoms with Crippen LogP contribution in [0.3, 0.4) is 0 Å². The van der Waals surface area contributed by atoms with Gasteiger partial charge in [-0.2, -0.15) is 0 Å². The highest BCUT2D eigenvalue weighted by Gasteiger charge is 2.29. The lowest BCUT2D eigenvalue weighted by Gasteiger charge is -2.28. The van der Waals surface area contributed by atoms with E-state index in [0.29, 0.717) is 0 Å². The molecule has 1 atom stereocenters. The predicted octanol–water partition coefficient (Wildman–Crippen LogP) is 2.37. The van der Waals surface area contributed by atoms with E-state index in [1.807, 2.05) is 31.2 Å². The molecule has 0 aliphatic carbocycles. The third-order valence-electron chi connectivity index (χ3n) is 3.97. The first-order valence-corrected chi connectivity index (χ1v) is 10.0. The van der Waals surface area contributed by atoms with Crippen LogP contribution in [0.25, 0.3) is 0 Å². The van der Waals surface area contributed by atoms with Crippen molar-refractivity contribution in [1.82, 2.24) is 5.32 Å². The predicted molar refractivity (Wildman–Crippen MR) is 103 cm³/mol. The molecule has 0 heterocycles. The summed E-state index contributed by atoms with van der Waals surface area (Å²) < 4.78 is 25.4. The van der Waals surface area contributed by atoms with Gasteiger partial charge < -0.3 is 5.32 Å². The number of hydrogen-bond acceptors (Lipinski definition) is 5. The first kappa shape index (κ1) is 20.4. The minimum absolute atomic E-state index is 0.0599. The van der Waals surface area contributed by atoms with E-state index in [2.05, 4.69) is 5.32 Å². The minimum Gasteiger partial charge on any atom is -0.350 e. The Morgan fingerprint density at radius 3 is 2.41 bits per heavy atom. The van der Waals surface area contributed by atoms with Crippen molar-refractivity contribution in [3.05, 3.63) is 69.8 Å². The summed E-state index contributed by atoms with van der Waals surface area (Å²) in [6.07, 6.45) is 0.954. The molecule has 9 heteroatoms. The van der Waals surface area contributed by atoms with Gasteiger partial charge in [0.2, 0.25) is 15.9 Å². The zero-order chi connectivity index (χ0) is 20.2. The molecular formula is C18H21N3O5S. The minimum atomic E-state index is -3.84. The van der Waals surface area contributed by atoms with Crippen molar-refractivity contribution in [1.29, 1.82) is 0 Å². The van der Waals surface area contributed by atoms with Crippen molar-refractivity contribution in [2.45, 2.75) is 26.4 Å². The second kappa shape index (κ2) is 8.17. The first-order valence-electron chi connectivity index (χ1n) is 8.16. The summed E-state index contributed by atoms with van der Waals surface area (Å²) in [5.74, 6) is -0.507. The number of non-ortho nitro benzene ring substituents is 1. The van der Waals surface area contributed by atoms with Crippen LogP contribution >= 0.6 is 0 Å². The fraction of sp³-hybridized carbons (Fsp3) is 0.278. The van der Waals surface area contributed by atoms with Crippen LogP contribution in [0.5, 0.6) is 0 Å². The molecule has 8 nitrogen and oxygen atoms in total. The number of anilines is 1. The molecule has 0 saturated heterocycles.